The van der Waals surface area contributed by atoms with Crippen molar-refractivity contribution in [3.8, 4) is 0 Å². The molecule has 1 fully saturated rings. The number of carbonyl (C=O) groups excluding carboxylic acids is 1. The molecule has 0 aliphatic carbocycles. The standard InChI is InChI=1S/C12H20N4O3S/c1-3-12(17)15-5-4-6-16(8-7-15)20(18,19)11-9-13-14(2)10-11/h9-10H,3-8H2,1-2H3. The largest absolute Gasteiger partial charge is 0.341 e. The van der Waals surface area contributed by atoms with E-state index in [9.17, 15) is 13.2 Å². The van der Waals surface area contributed by atoms with Gasteiger partial charge in [0, 0.05) is 45.8 Å². The second-order valence-corrected chi connectivity index (χ2v) is 6.78. The lowest BCUT2D eigenvalue weighted by Gasteiger charge is -2.21. The average molecular weight is 300 g/mol. The Balaban J connectivity index is 2.12. The molecule has 0 bridgehead atoms. The van der Waals surface area contributed by atoms with Gasteiger partial charge in [-0.1, -0.05) is 6.92 Å². The average Bonchev–Trinajstić information content (AvgIpc) is 2.72. The highest BCUT2D eigenvalue weighted by Gasteiger charge is 2.28. The molecule has 1 aromatic heterocycles. The second kappa shape index (κ2) is 5.92. The molecule has 20 heavy (non-hydrogen) atoms. The maximum atomic E-state index is 12.5. The Morgan fingerprint density at radius 3 is 2.65 bits per heavy atom. The molecule has 8 heteroatoms. The van der Waals surface area contributed by atoms with E-state index in [0.29, 0.717) is 39.0 Å². The van der Waals surface area contributed by atoms with E-state index in [0.717, 1.165) is 0 Å². The topological polar surface area (TPSA) is 75.5 Å². The van der Waals surface area contributed by atoms with Gasteiger partial charge in [-0.15, -0.1) is 0 Å². The van der Waals surface area contributed by atoms with E-state index >= 15 is 0 Å². The smallest absolute Gasteiger partial charge is 0.246 e. The van der Waals surface area contributed by atoms with Gasteiger partial charge in [0.1, 0.15) is 4.90 Å². The fourth-order valence-electron chi connectivity index (χ4n) is 2.29. The summed E-state index contributed by atoms with van der Waals surface area (Å²) in [6, 6.07) is 0. The molecule has 1 aliphatic rings. The van der Waals surface area contributed by atoms with Crippen LogP contribution < -0.4 is 0 Å². The Bertz CT molecular complexity index is 581. The first-order valence-corrected chi connectivity index (χ1v) is 8.15. The van der Waals surface area contributed by atoms with Gasteiger partial charge in [0.2, 0.25) is 15.9 Å². The van der Waals surface area contributed by atoms with E-state index in [4.69, 9.17) is 0 Å². The Kier molecular flexibility index (Phi) is 4.44. The van der Waals surface area contributed by atoms with Crippen LogP contribution in [0.5, 0.6) is 0 Å². The highest BCUT2D eigenvalue weighted by Crippen LogP contribution is 2.17. The van der Waals surface area contributed by atoms with Crippen LogP contribution >= 0.6 is 0 Å². The molecule has 0 unspecified atom stereocenters. The Morgan fingerprint density at radius 2 is 2.05 bits per heavy atom. The number of carbonyl (C=O) groups is 1. The van der Waals surface area contributed by atoms with Crippen molar-refractivity contribution in [3.63, 3.8) is 0 Å². The van der Waals surface area contributed by atoms with Gasteiger partial charge in [-0.2, -0.15) is 9.40 Å². The molecule has 0 radical (unpaired) electrons. The molecule has 1 saturated heterocycles. The molecule has 7 nitrogen and oxygen atoms in total. The van der Waals surface area contributed by atoms with E-state index in [-0.39, 0.29) is 10.8 Å². The van der Waals surface area contributed by atoms with Crippen molar-refractivity contribution in [2.75, 3.05) is 26.2 Å². The van der Waals surface area contributed by atoms with Crippen LogP contribution in [-0.4, -0.2) is 59.5 Å². The maximum Gasteiger partial charge on any atom is 0.246 e. The molecule has 0 atom stereocenters. The summed E-state index contributed by atoms with van der Waals surface area (Å²) in [7, 11) is -1.82. The van der Waals surface area contributed by atoms with Gasteiger partial charge in [-0.3, -0.25) is 9.48 Å². The first kappa shape index (κ1) is 15.0. The summed E-state index contributed by atoms with van der Waals surface area (Å²) in [6.07, 6.45) is 3.96. The summed E-state index contributed by atoms with van der Waals surface area (Å²) in [4.78, 5) is 13.6. The van der Waals surface area contributed by atoms with Crippen LogP contribution in [-0.2, 0) is 21.9 Å². The number of nitrogens with zero attached hydrogens (tertiary/aromatic N) is 4. The molecule has 0 N–H and O–H groups in total. The van der Waals surface area contributed by atoms with Crippen LogP contribution in [0.3, 0.4) is 0 Å². The van der Waals surface area contributed by atoms with Crippen molar-refractivity contribution < 1.29 is 13.2 Å². The normalized spacial score (nSPS) is 18.0. The summed E-state index contributed by atoms with van der Waals surface area (Å²) in [6.45, 7) is 3.66. The van der Waals surface area contributed by atoms with Crippen molar-refractivity contribution in [1.82, 2.24) is 19.0 Å². The second-order valence-electron chi connectivity index (χ2n) is 4.84. The van der Waals surface area contributed by atoms with Crippen molar-refractivity contribution in [2.45, 2.75) is 24.7 Å². The minimum absolute atomic E-state index is 0.0747. The van der Waals surface area contributed by atoms with Crippen molar-refractivity contribution in [2.24, 2.45) is 7.05 Å². The third-order valence-corrected chi connectivity index (χ3v) is 5.28. The zero-order chi connectivity index (χ0) is 14.8. The number of sulfonamides is 1. The molecule has 1 amide bonds. The van der Waals surface area contributed by atoms with Crippen LogP contribution in [0.25, 0.3) is 0 Å². The summed E-state index contributed by atoms with van der Waals surface area (Å²) < 4.78 is 27.8. The molecule has 2 rings (SSSR count). The van der Waals surface area contributed by atoms with Crippen LogP contribution in [0, 0.1) is 0 Å². The molecule has 0 saturated carbocycles. The van der Waals surface area contributed by atoms with Crippen LogP contribution in [0.4, 0.5) is 0 Å². The zero-order valence-corrected chi connectivity index (χ0v) is 12.6. The minimum Gasteiger partial charge on any atom is -0.341 e. The third-order valence-electron chi connectivity index (χ3n) is 3.43. The first-order valence-electron chi connectivity index (χ1n) is 6.71. The lowest BCUT2D eigenvalue weighted by Crippen LogP contribution is -2.37. The van der Waals surface area contributed by atoms with E-state index in [2.05, 4.69) is 5.10 Å². The fourth-order valence-corrected chi connectivity index (χ4v) is 3.74. The number of hydrogen-bond donors (Lipinski definition) is 0. The van der Waals surface area contributed by atoms with Gasteiger partial charge in [0.25, 0.3) is 0 Å². The van der Waals surface area contributed by atoms with Crippen molar-refractivity contribution >= 4 is 15.9 Å². The predicted molar refractivity (Wildman–Crippen MR) is 73.5 cm³/mol. The fraction of sp³-hybridized carbons (Fsp3) is 0.667. The van der Waals surface area contributed by atoms with E-state index < -0.39 is 10.0 Å². The highest BCUT2D eigenvalue weighted by molar-refractivity contribution is 7.89. The molecule has 0 spiro atoms. The number of aryl methyl sites for hydroxylation is 1. The number of rotatable bonds is 3. The van der Waals surface area contributed by atoms with Gasteiger partial charge < -0.3 is 4.90 Å². The summed E-state index contributed by atoms with van der Waals surface area (Å²) in [5.74, 6) is 0.0747. The molecular weight excluding hydrogens is 280 g/mol. The van der Waals surface area contributed by atoms with Crippen molar-refractivity contribution in [1.29, 1.82) is 0 Å². The highest BCUT2D eigenvalue weighted by atomic mass is 32.2. The maximum absolute atomic E-state index is 12.5. The Labute approximate surface area is 119 Å². The van der Waals surface area contributed by atoms with Crippen molar-refractivity contribution in [3.05, 3.63) is 12.4 Å². The first-order chi connectivity index (χ1) is 9.45. The van der Waals surface area contributed by atoms with Gasteiger partial charge in [0.05, 0.1) is 6.20 Å². The lowest BCUT2D eigenvalue weighted by molar-refractivity contribution is -0.130. The Hall–Kier alpha value is -1.41. The van der Waals surface area contributed by atoms with Gasteiger partial charge >= 0.3 is 0 Å². The van der Waals surface area contributed by atoms with Crippen LogP contribution in [0.15, 0.2) is 17.3 Å². The predicted octanol–water partition coefficient (Wildman–Crippen LogP) is 0.0531. The van der Waals surface area contributed by atoms with E-state index in [1.807, 2.05) is 6.92 Å². The molecule has 1 aliphatic heterocycles. The molecular formula is C12H20N4O3S. The summed E-state index contributed by atoms with van der Waals surface area (Å²) in [5, 5.41) is 3.90. The lowest BCUT2D eigenvalue weighted by atomic mass is 10.3. The quantitative estimate of drug-likeness (QED) is 0.790. The van der Waals surface area contributed by atoms with E-state index in [1.165, 1.54) is 21.4 Å². The zero-order valence-electron chi connectivity index (χ0n) is 11.8. The Morgan fingerprint density at radius 1 is 1.30 bits per heavy atom. The van der Waals surface area contributed by atoms with E-state index in [1.54, 1.807) is 11.9 Å². The SMILES string of the molecule is CCC(=O)N1CCCN(S(=O)(=O)c2cnn(C)c2)CC1. The third kappa shape index (κ3) is 3.01. The number of aromatic nitrogens is 2. The number of hydrogen-bond acceptors (Lipinski definition) is 4. The monoisotopic (exact) mass is 300 g/mol. The molecule has 2 heterocycles. The molecule has 0 aromatic carbocycles. The molecule has 1 aromatic rings. The minimum atomic E-state index is -3.51. The van der Waals surface area contributed by atoms with Gasteiger partial charge in [0.15, 0.2) is 0 Å². The van der Waals surface area contributed by atoms with Crippen LogP contribution in [0.2, 0.25) is 0 Å². The number of amides is 1. The summed E-state index contributed by atoms with van der Waals surface area (Å²) >= 11 is 0. The summed E-state index contributed by atoms with van der Waals surface area (Å²) in [5.41, 5.74) is 0. The van der Waals surface area contributed by atoms with Crippen LogP contribution in [0.1, 0.15) is 19.8 Å². The van der Waals surface area contributed by atoms with Gasteiger partial charge in [-0.05, 0) is 6.42 Å². The van der Waals surface area contributed by atoms with Gasteiger partial charge in [-0.25, -0.2) is 8.42 Å². The molecule has 112 valence electrons.